The number of aromatic nitrogens is 2. The molecule has 0 amide bonds. The van der Waals surface area contributed by atoms with Gasteiger partial charge in [0.2, 0.25) is 0 Å². The summed E-state index contributed by atoms with van der Waals surface area (Å²) in [6.45, 7) is 2.13. The standard InChI is InChI=1S/C13H19N3O3/c1-9(17)5-3-4-8-16-12(18)10-6-7-14-11(10)15(2)13(16)19/h7,9,17H,3-6,8H2,1-2H3. The molecule has 0 aromatic carbocycles. The summed E-state index contributed by atoms with van der Waals surface area (Å²) in [6.07, 6.45) is 4.00. The van der Waals surface area contributed by atoms with E-state index in [0.717, 1.165) is 6.42 Å². The minimum absolute atomic E-state index is 0.229. The molecule has 1 aromatic heterocycles. The predicted octanol–water partition coefficient (Wildman–Crippen LogP) is 0.356. The van der Waals surface area contributed by atoms with Gasteiger partial charge in [-0.25, -0.2) is 9.79 Å². The molecule has 0 radical (unpaired) electrons. The van der Waals surface area contributed by atoms with E-state index in [9.17, 15) is 14.7 Å². The Bertz CT molecular complexity index is 611. The van der Waals surface area contributed by atoms with Crippen molar-refractivity contribution in [2.45, 2.75) is 45.3 Å². The van der Waals surface area contributed by atoms with Crippen LogP contribution in [0.5, 0.6) is 0 Å². The highest BCUT2D eigenvalue weighted by molar-refractivity contribution is 5.73. The lowest BCUT2D eigenvalue weighted by molar-refractivity contribution is 0.180. The number of rotatable bonds is 5. The lowest BCUT2D eigenvalue weighted by atomic mass is 10.2. The largest absolute Gasteiger partial charge is 0.393 e. The van der Waals surface area contributed by atoms with Gasteiger partial charge in [0.1, 0.15) is 5.82 Å². The zero-order chi connectivity index (χ0) is 14.0. The van der Waals surface area contributed by atoms with E-state index in [1.165, 1.54) is 9.13 Å². The Balaban J connectivity index is 2.21. The summed E-state index contributed by atoms with van der Waals surface area (Å²) in [4.78, 5) is 28.3. The number of hydrogen-bond donors (Lipinski definition) is 1. The molecule has 0 fully saturated rings. The third kappa shape index (κ3) is 2.68. The van der Waals surface area contributed by atoms with Crippen molar-refractivity contribution in [3.8, 4) is 0 Å². The first-order valence-electron chi connectivity index (χ1n) is 6.55. The monoisotopic (exact) mass is 265 g/mol. The number of aliphatic hydroxyl groups excluding tert-OH is 1. The van der Waals surface area contributed by atoms with Crippen molar-refractivity contribution in [3.05, 3.63) is 26.4 Å². The number of hydrogen-bond acceptors (Lipinski definition) is 4. The van der Waals surface area contributed by atoms with E-state index in [1.807, 2.05) is 0 Å². The summed E-state index contributed by atoms with van der Waals surface area (Å²) < 4.78 is 2.70. The van der Waals surface area contributed by atoms with Crippen LogP contribution < -0.4 is 11.2 Å². The van der Waals surface area contributed by atoms with Crippen molar-refractivity contribution in [2.75, 3.05) is 0 Å². The molecule has 1 unspecified atom stereocenters. The number of unbranched alkanes of at least 4 members (excludes halogenated alkanes) is 1. The molecule has 104 valence electrons. The molecule has 6 heteroatoms. The van der Waals surface area contributed by atoms with Gasteiger partial charge in [-0.15, -0.1) is 0 Å². The van der Waals surface area contributed by atoms with Crippen LogP contribution in [0.4, 0.5) is 5.82 Å². The average molecular weight is 265 g/mol. The lowest BCUT2D eigenvalue weighted by Gasteiger charge is -2.11. The second-order valence-electron chi connectivity index (χ2n) is 4.96. The van der Waals surface area contributed by atoms with Crippen molar-refractivity contribution >= 4 is 12.0 Å². The first-order valence-corrected chi connectivity index (χ1v) is 6.55. The molecular formula is C13H19N3O3. The summed E-state index contributed by atoms with van der Waals surface area (Å²) in [7, 11) is 1.63. The second kappa shape index (κ2) is 5.52. The summed E-state index contributed by atoms with van der Waals surface area (Å²) in [6, 6.07) is 0. The van der Waals surface area contributed by atoms with E-state index < -0.39 is 0 Å². The quantitative estimate of drug-likeness (QED) is 0.781. The number of aliphatic hydroxyl groups is 1. The van der Waals surface area contributed by atoms with E-state index in [2.05, 4.69) is 4.99 Å². The van der Waals surface area contributed by atoms with Gasteiger partial charge in [-0.2, -0.15) is 0 Å². The van der Waals surface area contributed by atoms with Gasteiger partial charge in [0, 0.05) is 26.2 Å². The van der Waals surface area contributed by atoms with Crippen LogP contribution in [0.1, 0.15) is 31.7 Å². The van der Waals surface area contributed by atoms with Crippen molar-refractivity contribution in [1.82, 2.24) is 9.13 Å². The molecule has 0 bridgehead atoms. The minimum Gasteiger partial charge on any atom is -0.393 e. The molecule has 0 saturated heterocycles. The van der Waals surface area contributed by atoms with E-state index in [0.29, 0.717) is 37.2 Å². The lowest BCUT2D eigenvalue weighted by Crippen LogP contribution is -2.40. The summed E-state index contributed by atoms with van der Waals surface area (Å²) >= 11 is 0. The van der Waals surface area contributed by atoms with Crippen LogP contribution in [0.2, 0.25) is 0 Å². The number of aliphatic imine (C=N–C) groups is 1. The van der Waals surface area contributed by atoms with E-state index in [4.69, 9.17) is 0 Å². The molecule has 1 aliphatic rings. The average Bonchev–Trinajstić information content (AvgIpc) is 2.84. The smallest absolute Gasteiger partial charge is 0.332 e. The summed E-state index contributed by atoms with van der Waals surface area (Å²) in [5, 5.41) is 9.18. The highest BCUT2D eigenvalue weighted by atomic mass is 16.3. The molecule has 0 spiro atoms. The van der Waals surface area contributed by atoms with Gasteiger partial charge in [0.25, 0.3) is 5.56 Å². The molecule has 2 heterocycles. The van der Waals surface area contributed by atoms with Crippen LogP contribution in [0.25, 0.3) is 0 Å². The van der Waals surface area contributed by atoms with Gasteiger partial charge >= 0.3 is 5.69 Å². The van der Waals surface area contributed by atoms with Gasteiger partial charge in [-0.3, -0.25) is 13.9 Å². The minimum atomic E-state index is -0.340. The SMILES string of the molecule is CC(O)CCCCn1c(=O)c2c(n(C)c1=O)N=CC2. The fourth-order valence-corrected chi connectivity index (χ4v) is 2.29. The maximum Gasteiger partial charge on any atom is 0.332 e. The first kappa shape index (κ1) is 13.7. The normalized spacial score (nSPS) is 14.7. The third-order valence-corrected chi connectivity index (χ3v) is 3.37. The fraction of sp³-hybridized carbons (Fsp3) is 0.615. The highest BCUT2D eigenvalue weighted by Crippen LogP contribution is 2.17. The van der Waals surface area contributed by atoms with Gasteiger partial charge in [0.15, 0.2) is 0 Å². The molecule has 2 rings (SSSR count). The zero-order valence-corrected chi connectivity index (χ0v) is 11.3. The van der Waals surface area contributed by atoms with Crippen LogP contribution in [-0.2, 0) is 20.0 Å². The molecule has 1 atom stereocenters. The van der Waals surface area contributed by atoms with Crippen LogP contribution >= 0.6 is 0 Å². The van der Waals surface area contributed by atoms with Crippen LogP contribution in [0, 0.1) is 0 Å². The second-order valence-corrected chi connectivity index (χ2v) is 4.96. The molecule has 1 N–H and O–H groups in total. The molecule has 1 aromatic rings. The first-order chi connectivity index (χ1) is 9.02. The van der Waals surface area contributed by atoms with Crippen LogP contribution in [0.15, 0.2) is 14.6 Å². The molecular weight excluding hydrogens is 246 g/mol. The molecule has 1 aliphatic heterocycles. The summed E-state index contributed by atoms with van der Waals surface area (Å²) in [5.41, 5.74) is 0.0464. The Kier molecular flexibility index (Phi) is 3.99. The topological polar surface area (TPSA) is 76.6 Å². The Labute approximate surface area is 111 Å². The molecule has 6 nitrogen and oxygen atoms in total. The Morgan fingerprint density at radius 3 is 2.84 bits per heavy atom. The van der Waals surface area contributed by atoms with Crippen LogP contribution in [0.3, 0.4) is 0 Å². The van der Waals surface area contributed by atoms with Gasteiger partial charge in [-0.05, 0) is 26.2 Å². The van der Waals surface area contributed by atoms with Crippen molar-refractivity contribution in [1.29, 1.82) is 0 Å². The van der Waals surface area contributed by atoms with Crippen molar-refractivity contribution in [3.63, 3.8) is 0 Å². The maximum atomic E-state index is 12.2. The predicted molar refractivity (Wildman–Crippen MR) is 73.3 cm³/mol. The van der Waals surface area contributed by atoms with Gasteiger partial charge < -0.3 is 5.11 Å². The van der Waals surface area contributed by atoms with Gasteiger partial charge in [0.05, 0.1) is 11.7 Å². The van der Waals surface area contributed by atoms with Crippen LogP contribution in [-0.4, -0.2) is 26.6 Å². The number of fused-ring (bicyclic) bond motifs is 1. The van der Waals surface area contributed by atoms with Crippen molar-refractivity contribution < 1.29 is 5.11 Å². The maximum absolute atomic E-state index is 12.2. The molecule has 0 aliphatic carbocycles. The Hall–Kier alpha value is -1.69. The van der Waals surface area contributed by atoms with E-state index >= 15 is 0 Å². The third-order valence-electron chi connectivity index (χ3n) is 3.37. The molecule has 19 heavy (non-hydrogen) atoms. The zero-order valence-electron chi connectivity index (χ0n) is 11.3. The molecule has 0 saturated carbocycles. The Morgan fingerprint density at radius 1 is 1.42 bits per heavy atom. The van der Waals surface area contributed by atoms with Gasteiger partial charge in [-0.1, -0.05) is 0 Å². The summed E-state index contributed by atoms with van der Waals surface area (Å²) in [5.74, 6) is 0.482. The van der Waals surface area contributed by atoms with E-state index in [1.54, 1.807) is 20.2 Å². The highest BCUT2D eigenvalue weighted by Gasteiger charge is 2.18. The van der Waals surface area contributed by atoms with E-state index in [-0.39, 0.29) is 17.4 Å². The fourth-order valence-electron chi connectivity index (χ4n) is 2.29. The van der Waals surface area contributed by atoms with Crippen molar-refractivity contribution in [2.24, 2.45) is 12.0 Å². The number of nitrogens with zero attached hydrogens (tertiary/aromatic N) is 3. The Morgan fingerprint density at radius 2 is 2.16 bits per heavy atom.